The summed E-state index contributed by atoms with van der Waals surface area (Å²) in [6, 6.07) is 7.77. The highest BCUT2D eigenvalue weighted by Crippen LogP contribution is 2.12. The molecule has 5 heteroatoms. The Kier molecular flexibility index (Phi) is 7.69. The maximum Gasteiger partial charge on any atom is 0.320 e. The van der Waals surface area contributed by atoms with Crippen LogP contribution in [0.4, 0.5) is 0 Å². The van der Waals surface area contributed by atoms with Crippen LogP contribution in [0.25, 0.3) is 0 Å². The molecule has 0 saturated heterocycles. The quantitative estimate of drug-likeness (QED) is 0.547. The molecule has 0 bridgehead atoms. The third kappa shape index (κ3) is 6.54. The molecule has 0 radical (unpaired) electrons. The van der Waals surface area contributed by atoms with Crippen LogP contribution >= 0.6 is 0 Å². The van der Waals surface area contributed by atoms with E-state index in [0.29, 0.717) is 26.3 Å². The second-order valence-corrected chi connectivity index (χ2v) is 4.60. The zero-order chi connectivity index (χ0) is 14.8. The van der Waals surface area contributed by atoms with E-state index >= 15 is 0 Å². The van der Waals surface area contributed by atoms with Crippen molar-refractivity contribution in [2.24, 2.45) is 5.73 Å². The molecule has 0 aromatic heterocycles. The van der Waals surface area contributed by atoms with Crippen molar-refractivity contribution in [1.82, 2.24) is 4.90 Å². The van der Waals surface area contributed by atoms with Crippen molar-refractivity contribution in [3.63, 3.8) is 0 Å². The minimum absolute atomic E-state index is 0.188. The van der Waals surface area contributed by atoms with Gasteiger partial charge in [-0.05, 0) is 38.1 Å². The van der Waals surface area contributed by atoms with Crippen molar-refractivity contribution in [3.05, 3.63) is 29.8 Å². The number of nitrogens with zero attached hydrogens (tertiary/aromatic N) is 1. The average Bonchev–Trinajstić information content (AvgIpc) is 2.44. The van der Waals surface area contributed by atoms with E-state index in [4.69, 9.17) is 15.2 Å². The number of hydrogen-bond donors (Lipinski definition) is 1. The second kappa shape index (κ2) is 9.34. The highest BCUT2D eigenvalue weighted by Gasteiger charge is 2.06. The molecule has 1 aromatic rings. The molecule has 0 aliphatic rings. The lowest BCUT2D eigenvalue weighted by Gasteiger charge is -2.15. The molecule has 20 heavy (non-hydrogen) atoms. The Morgan fingerprint density at radius 2 is 2.20 bits per heavy atom. The molecule has 0 atom stereocenters. The molecule has 1 aromatic carbocycles. The van der Waals surface area contributed by atoms with Crippen molar-refractivity contribution in [3.8, 4) is 5.75 Å². The largest absolute Gasteiger partial charge is 0.494 e. The molecule has 1 rings (SSSR count). The van der Waals surface area contributed by atoms with Gasteiger partial charge in [0.05, 0.1) is 19.8 Å². The van der Waals surface area contributed by atoms with Crippen LogP contribution in [0.3, 0.4) is 0 Å². The van der Waals surface area contributed by atoms with Gasteiger partial charge >= 0.3 is 5.97 Å². The molecule has 0 saturated carbocycles. The van der Waals surface area contributed by atoms with E-state index in [0.717, 1.165) is 24.3 Å². The van der Waals surface area contributed by atoms with Crippen LogP contribution in [0.1, 0.15) is 18.9 Å². The predicted octanol–water partition coefficient (Wildman–Crippen LogP) is 1.41. The molecule has 0 amide bonds. The van der Waals surface area contributed by atoms with Crippen molar-refractivity contribution in [2.45, 2.75) is 19.9 Å². The summed E-state index contributed by atoms with van der Waals surface area (Å²) in [6.45, 7) is 4.46. The first-order valence-electron chi connectivity index (χ1n) is 6.91. The second-order valence-electron chi connectivity index (χ2n) is 4.60. The van der Waals surface area contributed by atoms with E-state index in [2.05, 4.69) is 0 Å². The normalized spacial score (nSPS) is 10.6. The number of likely N-dealkylation sites (N-methyl/N-ethyl adjacent to an activating group) is 1. The number of carbonyl (C=O) groups excluding carboxylic acids is 1. The number of carbonyl (C=O) groups is 1. The molecular weight excluding hydrogens is 256 g/mol. The van der Waals surface area contributed by atoms with Crippen molar-refractivity contribution in [1.29, 1.82) is 0 Å². The number of ether oxygens (including phenoxy) is 2. The smallest absolute Gasteiger partial charge is 0.320 e. The van der Waals surface area contributed by atoms with Gasteiger partial charge in [0.15, 0.2) is 0 Å². The van der Waals surface area contributed by atoms with Crippen LogP contribution in [-0.2, 0) is 16.1 Å². The molecule has 0 aliphatic heterocycles. The zero-order valence-corrected chi connectivity index (χ0v) is 12.3. The summed E-state index contributed by atoms with van der Waals surface area (Å²) in [5, 5.41) is 0. The summed E-state index contributed by atoms with van der Waals surface area (Å²) in [7, 11) is 1.89. The van der Waals surface area contributed by atoms with Crippen molar-refractivity contribution >= 4 is 5.97 Å². The average molecular weight is 280 g/mol. The first-order valence-corrected chi connectivity index (χ1v) is 6.91. The molecule has 0 unspecified atom stereocenters. The standard InChI is InChI=1S/C15H24N2O3/c1-3-19-15(18)12-17(2)8-5-9-20-14-7-4-6-13(10-14)11-16/h4,6-7,10H,3,5,8-9,11-12,16H2,1-2H3. The Bertz CT molecular complexity index is 410. The van der Waals surface area contributed by atoms with Gasteiger partial charge in [-0.2, -0.15) is 0 Å². The number of nitrogens with two attached hydrogens (primary N) is 1. The van der Waals surface area contributed by atoms with Gasteiger partial charge in [0, 0.05) is 13.1 Å². The molecule has 112 valence electrons. The summed E-state index contributed by atoms with van der Waals surface area (Å²) in [5.74, 6) is 0.646. The molecule has 0 heterocycles. The minimum Gasteiger partial charge on any atom is -0.494 e. The lowest BCUT2D eigenvalue weighted by atomic mass is 10.2. The van der Waals surface area contributed by atoms with Gasteiger partial charge in [-0.15, -0.1) is 0 Å². The fourth-order valence-corrected chi connectivity index (χ4v) is 1.79. The van der Waals surface area contributed by atoms with Gasteiger partial charge in [0.1, 0.15) is 5.75 Å². The van der Waals surface area contributed by atoms with Gasteiger partial charge < -0.3 is 15.2 Å². The fourth-order valence-electron chi connectivity index (χ4n) is 1.79. The third-order valence-corrected chi connectivity index (χ3v) is 2.79. The number of rotatable bonds is 9. The molecule has 2 N–H and O–H groups in total. The summed E-state index contributed by atoms with van der Waals surface area (Å²) in [6.07, 6.45) is 0.850. The van der Waals surface area contributed by atoms with Crippen LogP contribution < -0.4 is 10.5 Å². The first kappa shape index (κ1) is 16.5. The van der Waals surface area contributed by atoms with Crippen molar-refractivity contribution < 1.29 is 14.3 Å². The van der Waals surface area contributed by atoms with E-state index < -0.39 is 0 Å². The van der Waals surface area contributed by atoms with Crippen molar-refractivity contribution in [2.75, 3.05) is 33.4 Å². The maximum atomic E-state index is 11.3. The monoisotopic (exact) mass is 280 g/mol. The van der Waals surface area contributed by atoms with Crippen LogP contribution in [0.5, 0.6) is 5.75 Å². The molecular formula is C15H24N2O3. The van der Waals surface area contributed by atoms with E-state index in [-0.39, 0.29) is 5.97 Å². The highest BCUT2D eigenvalue weighted by molar-refractivity contribution is 5.71. The molecule has 0 spiro atoms. The minimum atomic E-state index is -0.188. The highest BCUT2D eigenvalue weighted by atomic mass is 16.5. The lowest BCUT2D eigenvalue weighted by molar-refractivity contribution is -0.144. The Hall–Kier alpha value is -1.59. The molecule has 5 nitrogen and oxygen atoms in total. The van der Waals surface area contributed by atoms with Gasteiger partial charge in [-0.25, -0.2) is 0 Å². The summed E-state index contributed by atoms with van der Waals surface area (Å²) in [4.78, 5) is 13.2. The SMILES string of the molecule is CCOC(=O)CN(C)CCCOc1cccc(CN)c1. The van der Waals surface area contributed by atoms with Crippen LogP contribution in [-0.4, -0.2) is 44.2 Å². The van der Waals surface area contributed by atoms with E-state index in [9.17, 15) is 4.79 Å². The van der Waals surface area contributed by atoms with E-state index in [1.165, 1.54) is 0 Å². The Balaban J connectivity index is 2.19. The van der Waals surface area contributed by atoms with Gasteiger partial charge in [-0.1, -0.05) is 12.1 Å². The third-order valence-electron chi connectivity index (χ3n) is 2.79. The van der Waals surface area contributed by atoms with E-state index in [1.54, 1.807) is 6.92 Å². The number of benzene rings is 1. The van der Waals surface area contributed by atoms with Gasteiger partial charge in [0.2, 0.25) is 0 Å². The zero-order valence-electron chi connectivity index (χ0n) is 12.3. The summed E-state index contributed by atoms with van der Waals surface area (Å²) >= 11 is 0. The maximum absolute atomic E-state index is 11.3. The Morgan fingerprint density at radius 3 is 2.90 bits per heavy atom. The molecule has 0 fully saturated rings. The van der Waals surface area contributed by atoms with Gasteiger partial charge in [-0.3, -0.25) is 9.69 Å². The predicted molar refractivity (Wildman–Crippen MR) is 78.6 cm³/mol. The Morgan fingerprint density at radius 1 is 1.40 bits per heavy atom. The summed E-state index contributed by atoms with van der Waals surface area (Å²) < 4.78 is 10.5. The lowest BCUT2D eigenvalue weighted by Crippen LogP contribution is -2.29. The van der Waals surface area contributed by atoms with Crippen LogP contribution in [0.2, 0.25) is 0 Å². The van der Waals surface area contributed by atoms with Crippen LogP contribution in [0, 0.1) is 0 Å². The fraction of sp³-hybridized carbons (Fsp3) is 0.533. The molecule has 0 aliphatic carbocycles. The van der Waals surface area contributed by atoms with Crippen LogP contribution in [0.15, 0.2) is 24.3 Å². The summed E-state index contributed by atoms with van der Waals surface area (Å²) in [5.41, 5.74) is 6.64. The number of esters is 1. The van der Waals surface area contributed by atoms with E-state index in [1.807, 2.05) is 36.2 Å². The number of hydrogen-bond acceptors (Lipinski definition) is 5. The topological polar surface area (TPSA) is 64.8 Å². The van der Waals surface area contributed by atoms with Gasteiger partial charge in [0.25, 0.3) is 0 Å². The first-order chi connectivity index (χ1) is 9.65. The Labute approximate surface area is 120 Å².